The van der Waals surface area contributed by atoms with Crippen molar-refractivity contribution in [3.8, 4) is 5.75 Å². The molecule has 1 aliphatic heterocycles. The zero-order chi connectivity index (χ0) is 19.9. The molecule has 0 aliphatic carbocycles. The number of hydrogen-bond donors (Lipinski definition) is 2. The lowest BCUT2D eigenvalue weighted by molar-refractivity contribution is -0.136. The lowest BCUT2D eigenvalue weighted by atomic mass is 10.1. The van der Waals surface area contributed by atoms with Gasteiger partial charge in [0.1, 0.15) is 24.3 Å². The molecular formula is C20H26N4O4. The number of amides is 2. The van der Waals surface area contributed by atoms with Gasteiger partial charge < -0.3 is 24.7 Å². The summed E-state index contributed by atoms with van der Waals surface area (Å²) in [7, 11) is 1.52. The van der Waals surface area contributed by atoms with Gasteiger partial charge in [0.2, 0.25) is 5.91 Å². The van der Waals surface area contributed by atoms with E-state index in [0.29, 0.717) is 25.2 Å². The van der Waals surface area contributed by atoms with E-state index >= 15 is 0 Å². The maximum Gasteiger partial charge on any atom is 0.251 e. The maximum atomic E-state index is 12.2. The number of ether oxygens (including phenoxy) is 2. The predicted molar refractivity (Wildman–Crippen MR) is 103 cm³/mol. The molecule has 1 aromatic heterocycles. The Morgan fingerprint density at radius 2 is 1.96 bits per heavy atom. The summed E-state index contributed by atoms with van der Waals surface area (Å²) in [6.45, 7) is 3.72. The number of methoxy groups -OCH3 is 1. The summed E-state index contributed by atoms with van der Waals surface area (Å²) in [5.74, 6) is 1.30. The van der Waals surface area contributed by atoms with Crippen molar-refractivity contribution in [3.05, 3.63) is 47.5 Å². The zero-order valence-corrected chi connectivity index (χ0v) is 16.2. The number of likely N-dealkylation sites (tertiary alicyclic amines) is 1. The smallest absolute Gasteiger partial charge is 0.251 e. The molecule has 3 rings (SSSR count). The third-order valence-electron chi connectivity index (χ3n) is 4.65. The number of benzene rings is 1. The van der Waals surface area contributed by atoms with Crippen molar-refractivity contribution >= 4 is 11.8 Å². The number of carbonyl (C=O) groups is 2. The summed E-state index contributed by atoms with van der Waals surface area (Å²) < 4.78 is 10.9. The van der Waals surface area contributed by atoms with Crippen LogP contribution in [0.3, 0.4) is 0 Å². The first-order valence-corrected chi connectivity index (χ1v) is 9.37. The largest absolute Gasteiger partial charge is 0.490 e. The Morgan fingerprint density at radius 3 is 2.57 bits per heavy atom. The number of piperidine rings is 1. The number of hydrogen-bond acceptors (Lipinski definition) is 5. The minimum Gasteiger partial charge on any atom is -0.490 e. The zero-order valence-electron chi connectivity index (χ0n) is 16.2. The second-order valence-corrected chi connectivity index (χ2v) is 6.85. The molecule has 0 spiro atoms. The Hall–Kier alpha value is -2.87. The molecule has 150 valence electrons. The number of rotatable bonds is 7. The number of nitrogens with one attached hydrogen (secondary N) is 2. The average Bonchev–Trinajstić information content (AvgIpc) is 3.13. The van der Waals surface area contributed by atoms with Gasteiger partial charge in [0.25, 0.3) is 5.91 Å². The van der Waals surface area contributed by atoms with E-state index in [-0.39, 0.29) is 24.5 Å². The predicted octanol–water partition coefficient (Wildman–Crippen LogP) is 1.66. The highest BCUT2D eigenvalue weighted by atomic mass is 16.5. The van der Waals surface area contributed by atoms with Crippen LogP contribution in [0.15, 0.2) is 30.5 Å². The van der Waals surface area contributed by atoms with Gasteiger partial charge in [0.15, 0.2) is 0 Å². The molecule has 1 fully saturated rings. The van der Waals surface area contributed by atoms with Crippen molar-refractivity contribution in [2.24, 2.45) is 0 Å². The molecule has 2 aromatic rings. The van der Waals surface area contributed by atoms with E-state index in [4.69, 9.17) is 9.47 Å². The summed E-state index contributed by atoms with van der Waals surface area (Å²) in [5.41, 5.74) is 1.52. The molecular weight excluding hydrogens is 360 g/mol. The van der Waals surface area contributed by atoms with Gasteiger partial charge in [-0.25, -0.2) is 4.98 Å². The van der Waals surface area contributed by atoms with E-state index in [0.717, 1.165) is 30.1 Å². The van der Waals surface area contributed by atoms with Gasteiger partial charge in [-0.15, -0.1) is 0 Å². The van der Waals surface area contributed by atoms with Crippen LogP contribution in [0.1, 0.15) is 34.7 Å². The molecule has 0 atom stereocenters. The molecule has 1 aromatic carbocycles. The fraction of sp³-hybridized carbons (Fsp3) is 0.450. The fourth-order valence-electron chi connectivity index (χ4n) is 3.14. The quantitative estimate of drug-likeness (QED) is 0.754. The molecule has 8 nitrogen and oxygen atoms in total. The normalized spacial score (nSPS) is 14.7. The summed E-state index contributed by atoms with van der Waals surface area (Å²) in [4.78, 5) is 33.1. The first kappa shape index (κ1) is 19.9. The Kier molecular flexibility index (Phi) is 6.65. The van der Waals surface area contributed by atoms with Crippen molar-refractivity contribution in [1.29, 1.82) is 0 Å². The van der Waals surface area contributed by atoms with Crippen molar-refractivity contribution < 1.29 is 19.1 Å². The summed E-state index contributed by atoms with van der Waals surface area (Å²) >= 11 is 0. The molecule has 0 saturated carbocycles. The monoisotopic (exact) mass is 386 g/mol. The van der Waals surface area contributed by atoms with E-state index < -0.39 is 0 Å². The lowest BCUT2D eigenvalue weighted by Crippen LogP contribution is -2.43. The van der Waals surface area contributed by atoms with Crippen molar-refractivity contribution in [3.63, 3.8) is 0 Å². The standard InChI is InChI=1S/C20H26N4O4/c1-14-11-21-18(23-14)12-22-20(26)15-3-5-16(6-4-15)28-17-7-9-24(10-8-17)19(25)13-27-2/h3-6,11,17H,7-10,12-13H2,1-2H3,(H,21,23)(H,22,26). The summed E-state index contributed by atoms with van der Waals surface area (Å²) in [6, 6.07) is 7.09. The van der Waals surface area contributed by atoms with Crippen molar-refractivity contribution in [1.82, 2.24) is 20.2 Å². The van der Waals surface area contributed by atoms with Crippen LogP contribution in [0.5, 0.6) is 5.75 Å². The highest BCUT2D eigenvalue weighted by Crippen LogP contribution is 2.20. The molecule has 0 radical (unpaired) electrons. The van der Waals surface area contributed by atoms with Crippen LogP contribution >= 0.6 is 0 Å². The number of nitrogens with zero attached hydrogens (tertiary/aromatic N) is 2. The van der Waals surface area contributed by atoms with Crippen LogP contribution in [0.25, 0.3) is 0 Å². The summed E-state index contributed by atoms with van der Waals surface area (Å²) in [6.07, 6.45) is 3.35. The van der Waals surface area contributed by atoms with Crippen LogP contribution in [-0.4, -0.2) is 59.6 Å². The molecule has 8 heteroatoms. The van der Waals surface area contributed by atoms with Gasteiger partial charge >= 0.3 is 0 Å². The Balaban J connectivity index is 1.45. The average molecular weight is 386 g/mol. The van der Waals surface area contributed by atoms with E-state index in [1.54, 1.807) is 35.4 Å². The van der Waals surface area contributed by atoms with E-state index in [1.807, 2.05) is 6.92 Å². The number of carbonyl (C=O) groups excluding carboxylic acids is 2. The Labute approximate surface area is 164 Å². The molecule has 2 N–H and O–H groups in total. The third kappa shape index (κ3) is 5.32. The topological polar surface area (TPSA) is 96.5 Å². The minimum atomic E-state index is -0.162. The number of H-pyrrole nitrogens is 1. The lowest BCUT2D eigenvalue weighted by Gasteiger charge is -2.32. The van der Waals surface area contributed by atoms with Gasteiger partial charge in [-0.05, 0) is 31.2 Å². The summed E-state index contributed by atoms with van der Waals surface area (Å²) in [5, 5.41) is 2.83. The third-order valence-corrected chi connectivity index (χ3v) is 4.65. The highest BCUT2D eigenvalue weighted by Gasteiger charge is 2.23. The second-order valence-electron chi connectivity index (χ2n) is 6.85. The first-order chi connectivity index (χ1) is 13.5. The van der Waals surface area contributed by atoms with E-state index in [1.165, 1.54) is 7.11 Å². The molecule has 2 heterocycles. The fourth-order valence-corrected chi connectivity index (χ4v) is 3.14. The van der Waals surface area contributed by atoms with Crippen LogP contribution in [0.4, 0.5) is 0 Å². The Bertz CT molecular complexity index is 795. The van der Waals surface area contributed by atoms with Gasteiger partial charge in [-0.3, -0.25) is 9.59 Å². The molecule has 1 aliphatic rings. The van der Waals surface area contributed by atoms with Gasteiger partial charge in [0.05, 0.1) is 6.54 Å². The maximum absolute atomic E-state index is 12.2. The Morgan fingerprint density at radius 1 is 1.25 bits per heavy atom. The van der Waals surface area contributed by atoms with Crippen LogP contribution < -0.4 is 10.1 Å². The van der Waals surface area contributed by atoms with E-state index in [2.05, 4.69) is 15.3 Å². The minimum absolute atomic E-state index is 0.0148. The highest BCUT2D eigenvalue weighted by molar-refractivity contribution is 5.94. The number of aryl methyl sites for hydroxylation is 1. The second kappa shape index (κ2) is 9.36. The SMILES string of the molecule is COCC(=O)N1CCC(Oc2ccc(C(=O)NCc3ncc(C)[nH]3)cc2)CC1. The number of imidazole rings is 1. The van der Waals surface area contributed by atoms with Gasteiger partial charge in [-0.2, -0.15) is 0 Å². The van der Waals surface area contributed by atoms with Gasteiger partial charge in [-0.1, -0.05) is 0 Å². The molecule has 28 heavy (non-hydrogen) atoms. The number of aromatic nitrogens is 2. The molecule has 0 bridgehead atoms. The molecule has 2 amide bonds. The molecule has 0 unspecified atom stereocenters. The van der Waals surface area contributed by atoms with Crippen LogP contribution in [0.2, 0.25) is 0 Å². The first-order valence-electron chi connectivity index (χ1n) is 9.37. The van der Waals surface area contributed by atoms with Gasteiger partial charge in [0, 0.05) is 50.5 Å². The van der Waals surface area contributed by atoms with E-state index in [9.17, 15) is 9.59 Å². The van der Waals surface area contributed by atoms with Crippen molar-refractivity contribution in [2.75, 3.05) is 26.8 Å². The molecule has 1 saturated heterocycles. The number of aromatic amines is 1. The van der Waals surface area contributed by atoms with Crippen molar-refractivity contribution in [2.45, 2.75) is 32.4 Å². The van der Waals surface area contributed by atoms with Crippen LogP contribution in [0, 0.1) is 6.92 Å². The van der Waals surface area contributed by atoms with Crippen LogP contribution in [-0.2, 0) is 16.1 Å².